The summed E-state index contributed by atoms with van der Waals surface area (Å²) in [6.45, 7) is 2.39. The van der Waals surface area contributed by atoms with Gasteiger partial charge < -0.3 is 10.2 Å². The normalized spacial score (nSPS) is 20.4. The van der Waals surface area contributed by atoms with Crippen molar-refractivity contribution in [2.24, 2.45) is 0 Å². The van der Waals surface area contributed by atoms with E-state index in [9.17, 15) is 0 Å². The summed E-state index contributed by atoms with van der Waals surface area (Å²) in [6.07, 6.45) is 6.63. The van der Waals surface area contributed by atoms with Crippen molar-refractivity contribution < 1.29 is 0 Å². The van der Waals surface area contributed by atoms with E-state index >= 15 is 0 Å². The fourth-order valence-corrected chi connectivity index (χ4v) is 2.58. The Bertz CT molecular complexity index is 329. The third kappa shape index (κ3) is 3.27. The molecule has 1 aromatic heterocycles. The number of rotatable bonds is 4. The van der Waals surface area contributed by atoms with Crippen molar-refractivity contribution in [1.82, 2.24) is 15.2 Å². The minimum atomic E-state index is 0.323. The molecule has 17 heavy (non-hydrogen) atoms. The number of piperidine rings is 1. The van der Waals surface area contributed by atoms with Crippen LogP contribution in [-0.4, -0.2) is 42.6 Å². The van der Waals surface area contributed by atoms with Gasteiger partial charge in [-0.25, -0.2) is 0 Å². The molecular formula is C14H23N3. The molecule has 1 N–H and O–H groups in total. The zero-order valence-electron chi connectivity index (χ0n) is 10.9. The molecule has 0 saturated carbocycles. The van der Waals surface area contributed by atoms with Gasteiger partial charge in [-0.3, -0.25) is 4.98 Å². The second-order valence-electron chi connectivity index (χ2n) is 5.15. The highest BCUT2D eigenvalue weighted by Gasteiger charge is 2.31. The molecule has 0 atom stereocenters. The number of aromatic nitrogens is 1. The van der Waals surface area contributed by atoms with Gasteiger partial charge in [-0.05, 0) is 65.0 Å². The molecule has 1 saturated heterocycles. The molecule has 3 heteroatoms. The molecule has 0 amide bonds. The molecule has 1 aliphatic heterocycles. The fraction of sp³-hybridized carbons (Fsp3) is 0.643. The number of hydrogen-bond acceptors (Lipinski definition) is 3. The van der Waals surface area contributed by atoms with Crippen molar-refractivity contribution >= 4 is 0 Å². The summed E-state index contributed by atoms with van der Waals surface area (Å²) in [5.41, 5.74) is 1.53. The molecule has 0 bridgehead atoms. The minimum Gasteiger partial charge on any atom is -0.314 e. The van der Waals surface area contributed by atoms with Gasteiger partial charge in [0.1, 0.15) is 0 Å². The van der Waals surface area contributed by atoms with Crippen molar-refractivity contribution in [2.45, 2.75) is 31.2 Å². The first-order valence-electron chi connectivity index (χ1n) is 6.51. The van der Waals surface area contributed by atoms with Crippen molar-refractivity contribution in [3.05, 3.63) is 30.1 Å². The van der Waals surface area contributed by atoms with Crippen LogP contribution in [0.15, 0.2) is 24.4 Å². The van der Waals surface area contributed by atoms with Crippen molar-refractivity contribution in [1.29, 1.82) is 0 Å². The number of nitrogens with one attached hydrogen (secondary N) is 1. The molecule has 0 unspecified atom stereocenters. The van der Waals surface area contributed by atoms with E-state index in [1.165, 1.54) is 38.0 Å². The number of pyridine rings is 1. The summed E-state index contributed by atoms with van der Waals surface area (Å²) >= 11 is 0. The van der Waals surface area contributed by atoms with Crippen LogP contribution in [0.4, 0.5) is 0 Å². The quantitative estimate of drug-likeness (QED) is 0.858. The van der Waals surface area contributed by atoms with E-state index in [-0.39, 0.29) is 0 Å². The highest BCUT2D eigenvalue weighted by molar-refractivity contribution is 5.05. The molecule has 3 nitrogen and oxygen atoms in total. The Balaban J connectivity index is 1.91. The topological polar surface area (TPSA) is 28.2 Å². The number of likely N-dealkylation sites (tertiary alicyclic amines) is 1. The fourth-order valence-electron chi connectivity index (χ4n) is 2.58. The van der Waals surface area contributed by atoms with E-state index in [1.807, 2.05) is 12.3 Å². The predicted octanol–water partition coefficient (Wildman–Crippen LogP) is 1.70. The number of aryl methyl sites for hydroxylation is 1. The standard InChI is InChI=1S/C14H23N3/c1-15-14(8-11-17(2)12-9-14)7-6-13-5-3-4-10-16-13/h3-5,10,15H,6-9,11-12H2,1-2H3. The Kier molecular flexibility index (Phi) is 4.13. The van der Waals surface area contributed by atoms with E-state index in [4.69, 9.17) is 0 Å². The Morgan fingerprint density at radius 1 is 1.35 bits per heavy atom. The van der Waals surface area contributed by atoms with Crippen LogP contribution in [0.5, 0.6) is 0 Å². The third-order valence-corrected chi connectivity index (χ3v) is 4.06. The zero-order chi connectivity index (χ0) is 12.1. The van der Waals surface area contributed by atoms with Crippen LogP contribution in [0.3, 0.4) is 0 Å². The van der Waals surface area contributed by atoms with Crippen LogP contribution in [0.1, 0.15) is 25.0 Å². The van der Waals surface area contributed by atoms with Gasteiger partial charge in [0, 0.05) is 17.4 Å². The third-order valence-electron chi connectivity index (χ3n) is 4.06. The smallest absolute Gasteiger partial charge is 0.0404 e. The Morgan fingerprint density at radius 3 is 2.71 bits per heavy atom. The summed E-state index contributed by atoms with van der Waals surface area (Å²) in [5, 5.41) is 3.55. The lowest BCUT2D eigenvalue weighted by Crippen LogP contribution is -2.51. The van der Waals surface area contributed by atoms with Gasteiger partial charge in [0.2, 0.25) is 0 Å². The molecule has 0 spiro atoms. The summed E-state index contributed by atoms with van der Waals surface area (Å²) in [7, 11) is 4.31. The van der Waals surface area contributed by atoms with Gasteiger partial charge in [-0.15, -0.1) is 0 Å². The van der Waals surface area contributed by atoms with Gasteiger partial charge in [0.25, 0.3) is 0 Å². The van der Waals surface area contributed by atoms with Crippen molar-refractivity contribution in [3.63, 3.8) is 0 Å². The molecule has 0 aromatic carbocycles. The maximum atomic E-state index is 4.41. The van der Waals surface area contributed by atoms with Crippen LogP contribution in [-0.2, 0) is 6.42 Å². The summed E-state index contributed by atoms with van der Waals surface area (Å²) < 4.78 is 0. The molecule has 1 aliphatic rings. The van der Waals surface area contributed by atoms with Crippen LogP contribution >= 0.6 is 0 Å². The summed E-state index contributed by atoms with van der Waals surface area (Å²) in [6, 6.07) is 6.17. The number of nitrogens with zero attached hydrogens (tertiary/aromatic N) is 2. The average Bonchev–Trinajstić information content (AvgIpc) is 2.40. The summed E-state index contributed by atoms with van der Waals surface area (Å²) in [4.78, 5) is 6.82. The molecule has 94 valence electrons. The van der Waals surface area contributed by atoms with Gasteiger partial charge in [0.05, 0.1) is 0 Å². The lowest BCUT2D eigenvalue weighted by Gasteiger charge is -2.40. The first-order valence-corrected chi connectivity index (χ1v) is 6.51. The lowest BCUT2D eigenvalue weighted by atomic mass is 9.83. The monoisotopic (exact) mass is 233 g/mol. The summed E-state index contributed by atoms with van der Waals surface area (Å²) in [5.74, 6) is 0. The van der Waals surface area contributed by atoms with Crippen molar-refractivity contribution in [2.75, 3.05) is 27.2 Å². The highest BCUT2D eigenvalue weighted by Crippen LogP contribution is 2.26. The van der Waals surface area contributed by atoms with E-state index < -0.39 is 0 Å². The molecule has 1 aromatic rings. The Hall–Kier alpha value is -0.930. The molecule has 2 rings (SSSR count). The van der Waals surface area contributed by atoms with Crippen LogP contribution in [0.25, 0.3) is 0 Å². The second-order valence-corrected chi connectivity index (χ2v) is 5.15. The Morgan fingerprint density at radius 2 is 2.12 bits per heavy atom. The molecule has 1 fully saturated rings. The maximum Gasteiger partial charge on any atom is 0.0404 e. The largest absolute Gasteiger partial charge is 0.314 e. The van der Waals surface area contributed by atoms with Gasteiger partial charge >= 0.3 is 0 Å². The van der Waals surface area contributed by atoms with Crippen LogP contribution < -0.4 is 5.32 Å². The van der Waals surface area contributed by atoms with E-state index in [0.717, 1.165) is 6.42 Å². The van der Waals surface area contributed by atoms with Gasteiger partial charge in [-0.1, -0.05) is 6.07 Å². The Labute approximate surface area is 104 Å². The van der Waals surface area contributed by atoms with E-state index in [2.05, 4.69) is 41.4 Å². The molecule has 0 aliphatic carbocycles. The average molecular weight is 233 g/mol. The zero-order valence-corrected chi connectivity index (χ0v) is 10.9. The first-order chi connectivity index (χ1) is 8.24. The molecule has 2 heterocycles. The van der Waals surface area contributed by atoms with E-state index in [1.54, 1.807) is 0 Å². The predicted molar refractivity (Wildman–Crippen MR) is 71.1 cm³/mol. The molecular weight excluding hydrogens is 210 g/mol. The van der Waals surface area contributed by atoms with E-state index in [0.29, 0.717) is 5.54 Å². The van der Waals surface area contributed by atoms with Gasteiger partial charge in [-0.2, -0.15) is 0 Å². The van der Waals surface area contributed by atoms with Crippen LogP contribution in [0.2, 0.25) is 0 Å². The van der Waals surface area contributed by atoms with Crippen molar-refractivity contribution in [3.8, 4) is 0 Å². The first kappa shape index (κ1) is 12.5. The highest BCUT2D eigenvalue weighted by atomic mass is 15.1. The SMILES string of the molecule is CNC1(CCc2ccccn2)CCN(C)CC1. The van der Waals surface area contributed by atoms with Gasteiger partial charge in [0.15, 0.2) is 0 Å². The second kappa shape index (κ2) is 5.61. The lowest BCUT2D eigenvalue weighted by molar-refractivity contribution is 0.155. The van der Waals surface area contributed by atoms with Crippen LogP contribution in [0, 0.1) is 0 Å². The minimum absolute atomic E-state index is 0.323. The molecule has 0 radical (unpaired) electrons. The number of hydrogen-bond donors (Lipinski definition) is 1. The maximum absolute atomic E-state index is 4.41.